The zero-order valence-corrected chi connectivity index (χ0v) is 20.0. The first-order valence-corrected chi connectivity index (χ1v) is 11.8. The van der Waals surface area contributed by atoms with Crippen molar-refractivity contribution in [2.45, 2.75) is 57.6 Å². The van der Waals surface area contributed by atoms with Crippen molar-refractivity contribution < 1.29 is 23.9 Å². The van der Waals surface area contributed by atoms with Crippen molar-refractivity contribution in [3.8, 4) is 11.1 Å². The van der Waals surface area contributed by atoms with Gasteiger partial charge in [-0.2, -0.15) is 0 Å². The highest BCUT2D eigenvalue weighted by Crippen LogP contribution is 2.44. The van der Waals surface area contributed by atoms with Gasteiger partial charge in [0.1, 0.15) is 18.2 Å². The smallest absolute Gasteiger partial charge is 0.407 e. The molecule has 1 saturated heterocycles. The maximum Gasteiger partial charge on any atom is 0.407 e. The van der Waals surface area contributed by atoms with E-state index >= 15 is 0 Å². The third-order valence-corrected chi connectivity index (χ3v) is 6.16. The van der Waals surface area contributed by atoms with E-state index in [9.17, 15) is 14.4 Å². The van der Waals surface area contributed by atoms with E-state index < -0.39 is 23.7 Å². The minimum Gasteiger partial charge on any atom is -0.458 e. The number of nitrogens with one attached hydrogen (secondary N) is 1. The topological polar surface area (TPSA) is 84.9 Å². The Morgan fingerprint density at radius 1 is 0.971 bits per heavy atom. The summed E-state index contributed by atoms with van der Waals surface area (Å²) in [6.45, 7) is 6.71. The fraction of sp³-hybridized carbons (Fsp3) is 0.444. The second kappa shape index (κ2) is 9.87. The van der Waals surface area contributed by atoms with Gasteiger partial charge in [-0.15, -0.1) is 0 Å². The number of amides is 2. The zero-order valence-electron chi connectivity index (χ0n) is 20.0. The van der Waals surface area contributed by atoms with E-state index in [0.717, 1.165) is 35.1 Å². The van der Waals surface area contributed by atoms with E-state index in [2.05, 4.69) is 17.4 Å². The Kier molecular flexibility index (Phi) is 6.91. The molecule has 7 nitrogen and oxygen atoms in total. The molecule has 0 bridgehead atoms. The molecule has 0 saturated carbocycles. The standard InChI is InChI=1S/C27H32N2O5/c1-27(2,3)34-25(31)23(16-24(30)29-14-8-9-15-29)28-26(32)33-17-22-20-12-6-4-10-18(20)19-11-5-7-13-21(19)22/h4-7,10-13,22-23H,8-9,14-17H2,1-3H3,(H,28,32)/t23-/m1/s1. The monoisotopic (exact) mass is 464 g/mol. The Hall–Kier alpha value is -3.35. The third kappa shape index (κ3) is 5.41. The first kappa shape index (κ1) is 23.8. The number of fused-ring (bicyclic) bond motifs is 3. The molecule has 2 aromatic rings. The van der Waals surface area contributed by atoms with E-state index in [1.807, 2.05) is 36.4 Å². The van der Waals surface area contributed by atoms with Gasteiger partial charge in [-0.1, -0.05) is 48.5 Å². The number of nitrogens with zero attached hydrogens (tertiary/aromatic N) is 1. The number of esters is 1. The molecule has 0 aromatic heterocycles. The lowest BCUT2D eigenvalue weighted by atomic mass is 9.98. The molecular weight excluding hydrogens is 432 g/mol. The average Bonchev–Trinajstić information content (AvgIpc) is 3.43. The van der Waals surface area contributed by atoms with Gasteiger partial charge in [-0.05, 0) is 55.9 Å². The molecule has 7 heteroatoms. The second-order valence-electron chi connectivity index (χ2n) is 9.85. The van der Waals surface area contributed by atoms with Gasteiger partial charge < -0.3 is 19.7 Å². The van der Waals surface area contributed by atoms with Crippen LogP contribution in [0.1, 0.15) is 57.1 Å². The van der Waals surface area contributed by atoms with E-state index in [0.29, 0.717) is 13.1 Å². The van der Waals surface area contributed by atoms with E-state index in [1.54, 1.807) is 25.7 Å². The molecule has 1 heterocycles. The SMILES string of the molecule is CC(C)(C)OC(=O)[C@@H](CC(=O)N1CCCC1)NC(=O)OCC1c2ccccc2-c2ccccc21. The lowest BCUT2D eigenvalue weighted by Gasteiger charge is -2.25. The fourth-order valence-corrected chi connectivity index (χ4v) is 4.62. The zero-order chi connectivity index (χ0) is 24.3. The number of carbonyl (C=O) groups excluding carboxylic acids is 3. The molecule has 180 valence electrons. The predicted molar refractivity (Wildman–Crippen MR) is 128 cm³/mol. The number of ether oxygens (including phenoxy) is 2. The highest BCUT2D eigenvalue weighted by molar-refractivity contribution is 5.88. The molecule has 0 spiro atoms. The fourth-order valence-electron chi connectivity index (χ4n) is 4.62. The Morgan fingerprint density at radius 3 is 2.09 bits per heavy atom. The molecule has 1 fully saturated rings. The summed E-state index contributed by atoms with van der Waals surface area (Å²) in [6, 6.07) is 15.0. The van der Waals surface area contributed by atoms with Crippen molar-refractivity contribution in [2.75, 3.05) is 19.7 Å². The molecule has 2 amide bonds. The van der Waals surface area contributed by atoms with Crippen LogP contribution in [0, 0.1) is 0 Å². The minimum absolute atomic E-state index is 0.0932. The Bertz CT molecular complexity index is 1020. The molecule has 0 radical (unpaired) electrons. The van der Waals surface area contributed by atoms with Gasteiger partial charge in [0.15, 0.2) is 0 Å². The minimum atomic E-state index is -1.11. The van der Waals surface area contributed by atoms with Crippen molar-refractivity contribution in [2.24, 2.45) is 0 Å². The lowest BCUT2D eigenvalue weighted by molar-refractivity contribution is -0.159. The quantitative estimate of drug-likeness (QED) is 0.646. The van der Waals surface area contributed by atoms with Crippen LogP contribution >= 0.6 is 0 Å². The van der Waals surface area contributed by atoms with Gasteiger partial charge in [-0.3, -0.25) is 4.79 Å². The van der Waals surface area contributed by atoms with Crippen LogP contribution in [0.3, 0.4) is 0 Å². The van der Waals surface area contributed by atoms with E-state index in [1.165, 1.54) is 0 Å². The Balaban J connectivity index is 1.43. The molecule has 2 aromatic carbocycles. The van der Waals surface area contributed by atoms with E-state index in [4.69, 9.17) is 9.47 Å². The molecular formula is C27H32N2O5. The summed E-state index contributed by atoms with van der Waals surface area (Å²) >= 11 is 0. The van der Waals surface area contributed by atoms with Crippen LogP contribution in [0.25, 0.3) is 11.1 Å². The summed E-state index contributed by atoms with van der Waals surface area (Å²) in [7, 11) is 0. The van der Waals surface area contributed by atoms with Crippen molar-refractivity contribution in [1.82, 2.24) is 10.2 Å². The predicted octanol–water partition coefficient (Wildman–Crippen LogP) is 4.25. The Labute approximate surface area is 200 Å². The number of benzene rings is 2. The van der Waals surface area contributed by atoms with Crippen LogP contribution in [0.15, 0.2) is 48.5 Å². The van der Waals surface area contributed by atoms with E-state index in [-0.39, 0.29) is 24.9 Å². The van der Waals surface area contributed by atoms with Crippen molar-refractivity contribution in [1.29, 1.82) is 0 Å². The van der Waals surface area contributed by atoms with Crippen molar-refractivity contribution >= 4 is 18.0 Å². The van der Waals surface area contributed by atoms with Gasteiger partial charge in [0, 0.05) is 19.0 Å². The normalized spacial score (nSPS) is 15.9. The van der Waals surface area contributed by atoms with Gasteiger partial charge >= 0.3 is 12.1 Å². The van der Waals surface area contributed by atoms with Crippen molar-refractivity contribution in [3.05, 3.63) is 59.7 Å². The van der Waals surface area contributed by atoms with Gasteiger partial charge in [0.25, 0.3) is 0 Å². The van der Waals surface area contributed by atoms with Gasteiger partial charge in [0.2, 0.25) is 5.91 Å². The number of hydrogen-bond acceptors (Lipinski definition) is 5. The maximum atomic E-state index is 12.8. The summed E-state index contributed by atoms with van der Waals surface area (Å²) in [4.78, 5) is 39.9. The van der Waals surface area contributed by atoms with Crippen LogP contribution in [-0.4, -0.2) is 54.2 Å². The first-order valence-electron chi connectivity index (χ1n) is 11.8. The lowest BCUT2D eigenvalue weighted by Crippen LogP contribution is -2.47. The molecule has 0 unspecified atom stereocenters. The number of rotatable bonds is 6. The number of hydrogen-bond donors (Lipinski definition) is 1. The van der Waals surface area contributed by atoms with Crippen LogP contribution in [0.5, 0.6) is 0 Å². The van der Waals surface area contributed by atoms with Crippen molar-refractivity contribution in [3.63, 3.8) is 0 Å². The average molecular weight is 465 g/mol. The summed E-state index contributed by atoms with van der Waals surface area (Å²) in [5.74, 6) is -0.912. The Morgan fingerprint density at radius 2 is 1.53 bits per heavy atom. The molecule has 1 aliphatic carbocycles. The molecule has 34 heavy (non-hydrogen) atoms. The number of alkyl carbamates (subject to hydrolysis) is 1. The van der Waals surface area contributed by atoms with Gasteiger partial charge in [-0.25, -0.2) is 9.59 Å². The number of carbonyl (C=O) groups is 3. The van der Waals surface area contributed by atoms with Crippen LogP contribution in [0.4, 0.5) is 4.79 Å². The van der Waals surface area contributed by atoms with Crippen LogP contribution < -0.4 is 5.32 Å². The maximum absolute atomic E-state index is 12.8. The molecule has 1 N–H and O–H groups in total. The highest BCUT2D eigenvalue weighted by atomic mass is 16.6. The molecule has 1 atom stereocenters. The van der Waals surface area contributed by atoms with Gasteiger partial charge in [0.05, 0.1) is 6.42 Å². The van der Waals surface area contributed by atoms with Crippen LogP contribution in [0.2, 0.25) is 0 Å². The molecule has 4 rings (SSSR count). The number of likely N-dealkylation sites (tertiary alicyclic amines) is 1. The van der Waals surface area contributed by atoms with Crippen LogP contribution in [-0.2, 0) is 19.1 Å². The summed E-state index contributed by atoms with van der Waals surface area (Å²) in [5, 5.41) is 2.58. The largest absolute Gasteiger partial charge is 0.458 e. The third-order valence-electron chi connectivity index (χ3n) is 6.16. The summed E-state index contributed by atoms with van der Waals surface area (Å²) < 4.78 is 11.0. The second-order valence-corrected chi connectivity index (χ2v) is 9.85. The molecule has 2 aliphatic rings. The summed E-state index contributed by atoms with van der Waals surface area (Å²) in [6.07, 6.45) is 0.997. The molecule has 1 aliphatic heterocycles. The highest BCUT2D eigenvalue weighted by Gasteiger charge is 2.33. The first-order chi connectivity index (χ1) is 16.2. The summed E-state index contributed by atoms with van der Waals surface area (Å²) in [5.41, 5.74) is 3.73.